The molecule has 4 fully saturated rings. The summed E-state index contributed by atoms with van der Waals surface area (Å²) in [5, 5.41) is 30.8. The number of nitrogens with zero attached hydrogens (tertiary/aromatic N) is 1. The van der Waals surface area contributed by atoms with Crippen LogP contribution in [0, 0.1) is 11.8 Å². The molecule has 10 N–H and O–H groups in total. The number of unbranched alkanes of at least 4 members (excludes halogenated alkanes) is 2. The third-order valence-electron chi connectivity index (χ3n) is 15.8. The average molecular weight is 1200 g/mol. The molecule has 1 aromatic carbocycles. The number of hydrogen-bond donors (Lipinski definition) is 9. The zero-order chi connectivity index (χ0) is 62.7. The molecule has 6 rings (SSSR count). The lowest BCUT2D eigenvalue weighted by Crippen LogP contribution is -2.55. The van der Waals surface area contributed by atoms with Crippen LogP contribution < -0.4 is 43.0 Å². The van der Waals surface area contributed by atoms with E-state index in [-0.39, 0.29) is 117 Å². The number of nitrogens with one attached hydrogen (secondary N) is 7. The first-order valence-corrected chi connectivity index (χ1v) is 29.8. The van der Waals surface area contributed by atoms with E-state index >= 15 is 0 Å². The van der Waals surface area contributed by atoms with Crippen LogP contribution in [0.5, 0.6) is 0 Å². The molecule has 472 valence electrons. The van der Waals surface area contributed by atoms with E-state index in [1.807, 2.05) is 19.9 Å². The van der Waals surface area contributed by atoms with Crippen LogP contribution in [-0.4, -0.2) is 162 Å². The van der Waals surface area contributed by atoms with Gasteiger partial charge in [-0.25, -0.2) is 9.59 Å². The molecule has 11 unspecified atom stereocenters. The first-order chi connectivity index (χ1) is 40.9. The molecule has 1 aliphatic carbocycles. The second-order valence-corrected chi connectivity index (χ2v) is 23.4. The summed E-state index contributed by atoms with van der Waals surface area (Å²) in [4.78, 5) is 126. The Labute approximate surface area is 502 Å². The van der Waals surface area contributed by atoms with Crippen LogP contribution in [0.4, 0.5) is 15.3 Å². The minimum absolute atomic E-state index is 0.0583. The predicted molar refractivity (Wildman–Crippen MR) is 314 cm³/mol. The van der Waals surface area contributed by atoms with E-state index in [2.05, 4.69) is 50.2 Å². The van der Waals surface area contributed by atoms with Crippen LogP contribution in [0.2, 0.25) is 0 Å². The lowest BCUT2D eigenvalue weighted by Gasteiger charge is -2.39. The van der Waals surface area contributed by atoms with Crippen LogP contribution in [-0.2, 0) is 68.6 Å². The van der Waals surface area contributed by atoms with Gasteiger partial charge in [0.15, 0.2) is 0 Å². The first kappa shape index (κ1) is 67.6. The summed E-state index contributed by atoms with van der Waals surface area (Å²) in [7, 11) is 0. The Morgan fingerprint density at radius 3 is 2.21 bits per heavy atom. The number of carbonyl (C=O) groups is 10. The quantitative estimate of drug-likeness (QED) is 0.0133. The molecule has 0 radical (unpaired) electrons. The maximum absolute atomic E-state index is 13.6. The van der Waals surface area contributed by atoms with Crippen molar-refractivity contribution in [3.05, 3.63) is 77.9 Å². The highest BCUT2D eigenvalue weighted by Gasteiger charge is 2.58. The lowest BCUT2D eigenvalue weighted by molar-refractivity contribution is -0.146. The first-order valence-electron chi connectivity index (χ1n) is 29.8. The largest absolute Gasteiger partial charge is 0.459 e. The molecule has 25 heteroatoms. The van der Waals surface area contributed by atoms with Crippen molar-refractivity contribution in [2.45, 2.75) is 205 Å². The molecular formula is C61H87N9O16. The molecule has 1 saturated carbocycles. The number of esters is 1. The van der Waals surface area contributed by atoms with Gasteiger partial charge in [-0.2, -0.15) is 0 Å². The molecule has 3 saturated heterocycles. The highest BCUT2D eigenvalue weighted by molar-refractivity contribution is 6.12. The lowest BCUT2D eigenvalue weighted by atomic mass is 9.85. The highest BCUT2D eigenvalue weighted by atomic mass is 16.6. The molecular weight excluding hydrogens is 1110 g/mol. The summed E-state index contributed by atoms with van der Waals surface area (Å²) < 4.78 is 28.8. The van der Waals surface area contributed by atoms with E-state index in [1.54, 1.807) is 51.1 Å². The fraction of sp³-hybridized carbons (Fsp3) is 0.607. The van der Waals surface area contributed by atoms with E-state index in [1.165, 1.54) is 31.2 Å². The number of nitrogens with two attached hydrogens (primary N) is 1. The van der Waals surface area contributed by atoms with Gasteiger partial charge >= 0.3 is 18.1 Å². The molecule has 0 aromatic heterocycles. The molecule has 25 nitrogen and oxygen atoms in total. The van der Waals surface area contributed by atoms with Crippen LogP contribution in [0.15, 0.2) is 72.4 Å². The number of rotatable bonds is 30. The summed E-state index contributed by atoms with van der Waals surface area (Å²) in [6.07, 6.45) is 12.3. The monoisotopic (exact) mass is 1200 g/mol. The van der Waals surface area contributed by atoms with Gasteiger partial charge in [0.05, 0.1) is 37.4 Å². The Balaban J connectivity index is 0.879. The van der Waals surface area contributed by atoms with Gasteiger partial charge in [-0.05, 0) is 108 Å². The number of imide groups is 1. The van der Waals surface area contributed by atoms with Gasteiger partial charge in [0.2, 0.25) is 29.5 Å². The average Bonchev–Trinajstić information content (AvgIpc) is 1.64. The SMILES string of the molecule is CC(=O)OC(C)C=CC(=O)NC1CC(C)C(CC=C(C)C=CC2OC(CC(=O)NC3CC(NC(=O)OCc4ccc(NC(=O)C(CCCNC(N)=O)NC(=O)C(NC(=O)CCCCCN5C(=O)C=CC5=O)C(C)C)cc4)C3)CC3(CO3)C2O)OC1C. The topological polar surface area (TPSA) is 354 Å². The van der Waals surface area contributed by atoms with E-state index in [0.717, 1.165) is 16.9 Å². The van der Waals surface area contributed by atoms with E-state index in [0.29, 0.717) is 62.8 Å². The molecule has 11 atom stereocenters. The van der Waals surface area contributed by atoms with Crippen molar-refractivity contribution in [3.63, 3.8) is 0 Å². The van der Waals surface area contributed by atoms with Crippen molar-refractivity contribution < 1.29 is 76.7 Å². The van der Waals surface area contributed by atoms with Crippen molar-refractivity contribution in [1.82, 2.24) is 36.8 Å². The number of alkyl carbamates (subject to hydrolysis) is 1. The number of ether oxygens (including phenoxy) is 5. The van der Waals surface area contributed by atoms with Gasteiger partial charge in [-0.3, -0.25) is 43.3 Å². The molecule has 5 aliphatic rings. The predicted octanol–water partition coefficient (Wildman–Crippen LogP) is 3.43. The van der Waals surface area contributed by atoms with Crippen molar-refractivity contribution in [2.24, 2.45) is 17.6 Å². The van der Waals surface area contributed by atoms with E-state index in [9.17, 15) is 53.1 Å². The molecule has 4 aliphatic heterocycles. The molecule has 1 spiro atoms. The maximum atomic E-state index is 13.6. The Bertz CT molecular complexity index is 2690. The van der Waals surface area contributed by atoms with Gasteiger partial charge in [0.25, 0.3) is 11.8 Å². The zero-order valence-electron chi connectivity index (χ0n) is 50.3. The fourth-order valence-electron chi connectivity index (χ4n) is 10.7. The van der Waals surface area contributed by atoms with Crippen LogP contribution in [0.25, 0.3) is 0 Å². The Hall–Kier alpha value is -7.48. The van der Waals surface area contributed by atoms with E-state index in [4.69, 9.17) is 29.4 Å². The minimum Gasteiger partial charge on any atom is -0.459 e. The number of hydrogen-bond acceptors (Lipinski definition) is 16. The summed E-state index contributed by atoms with van der Waals surface area (Å²) >= 11 is 0. The van der Waals surface area contributed by atoms with Gasteiger partial charge < -0.3 is 71.7 Å². The number of aliphatic hydroxyl groups is 1. The Kier molecular flexibility index (Phi) is 25.4. The summed E-state index contributed by atoms with van der Waals surface area (Å²) in [5.41, 5.74) is 6.38. The Morgan fingerprint density at radius 2 is 1.55 bits per heavy atom. The summed E-state index contributed by atoms with van der Waals surface area (Å²) in [6.45, 7) is 13.1. The number of amides is 10. The van der Waals surface area contributed by atoms with Crippen molar-refractivity contribution >= 4 is 65.1 Å². The molecule has 0 bridgehead atoms. The number of epoxide rings is 1. The smallest absolute Gasteiger partial charge is 0.407 e. The molecule has 4 heterocycles. The zero-order valence-corrected chi connectivity index (χ0v) is 50.3. The third-order valence-corrected chi connectivity index (χ3v) is 15.8. The number of benzene rings is 1. The van der Waals surface area contributed by atoms with E-state index < -0.39 is 72.0 Å². The van der Waals surface area contributed by atoms with Gasteiger partial charge in [-0.1, -0.05) is 63.1 Å². The third kappa shape index (κ3) is 21.5. The standard InChI is InChI=1S/C61H87N9O16/c1-35(2)55(69-50(72)13-9-8-10-27-70-53(75)24-25-54(70)76)58(79)68-46(12-11-26-63-59(62)80)57(78)65-42-19-17-41(18-20-42)33-82-60(81)66-44-29-43(30-44)64-52(74)31-45-32-61(34-83-61)56(77)49(86-45)22-15-36(3)14-21-48-37(4)28-47(39(6)85-48)67-51(73)23-16-38(5)84-40(7)71/h14-20,22-25,35,37-39,43-49,55-56,77H,8-13,21,26-34H2,1-7H3,(H,64,74)(H,65,78)(H,66,81)(H,67,73)(H,68,79)(H,69,72)(H3,62,63,80). The molecule has 10 amide bonds. The second-order valence-electron chi connectivity index (χ2n) is 23.4. The number of anilines is 1. The summed E-state index contributed by atoms with van der Waals surface area (Å²) in [6, 6.07) is 3.19. The van der Waals surface area contributed by atoms with Crippen LogP contribution >= 0.6 is 0 Å². The number of carbonyl (C=O) groups excluding carboxylic acids is 10. The van der Waals surface area contributed by atoms with Crippen molar-refractivity contribution in [2.75, 3.05) is 25.0 Å². The highest BCUT2D eigenvalue weighted by Crippen LogP contribution is 2.43. The van der Waals surface area contributed by atoms with Gasteiger partial charge in [0.1, 0.15) is 42.6 Å². The number of urea groups is 1. The van der Waals surface area contributed by atoms with Crippen molar-refractivity contribution in [3.8, 4) is 0 Å². The van der Waals surface area contributed by atoms with Gasteiger partial charge in [0, 0.05) is 68.9 Å². The molecule has 86 heavy (non-hydrogen) atoms. The number of primary amides is 1. The Morgan fingerprint density at radius 1 is 0.849 bits per heavy atom. The minimum atomic E-state index is -1.07. The van der Waals surface area contributed by atoms with Crippen LogP contribution in [0.1, 0.15) is 131 Å². The number of aliphatic hydroxyl groups excluding tert-OH is 1. The fourth-order valence-corrected chi connectivity index (χ4v) is 10.7. The maximum Gasteiger partial charge on any atom is 0.407 e. The summed E-state index contributed by atoms with van der Waals surface area (Å²) in [5.74, 6) is -3.36. The normalized spacial score (nSPS) is 26.3. The van der Waals surface area contributed by atoms with Crippen molar-refractivity contribution in [1.29, 1.82) is 0 Å². The molecule has 1 aromatic rings. The second kappa shape index (κ2) is 32.3. The number of allylic oxidation sites excluding steroid dienone is 2. The van der Waals surface area contributed by atoms with Crippen LogP contribution in [0.3, 0.4) is 0 Å². The van der Waals surface area contributed by atoms with Gasteiger partial charge in [-0.15, -0.1) is 0 Å².